The number of halogens is 1. The van der Waals surface area contributed by atoms with E-state index in [4.69, 9.17) is 9.15 Å². The fraction of sp³-hybridized carbons (Fsp3) is 0.150. The molecule has 3 rings (SSSR count). The van der Waals surface area contributed by atoms with Gasteiger partial charge in [0.25, 0.3) is 5.91 Å². The molecule has 0 saturated heterocycles. The van der Waals surface area contributed by atoms with E-state index >= 15 is 0 Å². The van der Waals surface area contributed by atoms with Gasteiger partial charge in [0.15, 0.2) is 5.76 Å². The van der Waals surface area contributed by atoms with E-state index in [1.165, 1.54) is 12.1 Å². The Morgan fingerprint density at radius 2 is 1.80 bits per heavy atom. The number of para-hydroxylation sites is 1. The summed E-state index contributed by atoms with van der Waals surface area (Å²) in [6, 6.07) is 18.4. The predicted octanol–water partition coefficient (Wildman–Crippen LogP) is 4.49. The summed E-state index contributed by atoms with van der Waals surface area (Å²) < 4.78 is 24.1. The second kappa shape index (κ2) is 7.66. The summed E-state index contributed by atoms with van der Waals surface area (Å²) in [5.74, 6) is 0.859. The largest absolute Gasteiger partial charge is 0.486 e. The molecule has 3 aromatic rings. The topological polar surface area (TPSA) is 51.5 Å². The average Bonchev–Trinajstić information content (AvgIpc) is 3.10. The maximum absolute atomic E-state index is 13.0. The molecule has 0 saturated carbocycles. The van der Waals surface area contributed by atoms with Crippen LogP contribution >= 0.6 is 0 Å². The highest BCUT2D eigenvalue weighted by molar-refractivity contribution is 5.91. The Labute approximate surface area is 145 Å². The smallest absolute Gasteiger partial charge is 0.287 e. The molecule has 2 aromatic carbocycles. The number of carbonyl (C=O) groups is 1. The number of hydrogen-bond donors (Lipinski definition) is 1. The van der Waals surface area contributed by atoms with Crippen LogP contribution in [-0.4, -0.2) is 5.91 Å². The quantitative estimate of drug-likeness (QED) is 0.720. The monoisotopic (exact) mass is 339 g/mol. The van der Waals surface area contributed by atoms with Crippen molar-refractivity contribution in [2.45, 2.75) is 19.6 Å². The highest BCUT2D eigenvalue weighted by atomic mass is 19.1. The van der Waals surface area contributed by atoms with Gasteiger partial charge >= 0.3 is 0 Å². The van der Waals surface area contributed by atoms with Gasteiger partial charge in [-0.1, -0.05) is 30.3 Å². The molecule has 0 bridgehead atoms. The van der Waals surface area contributed by atoms with Crippen molar-refractivity contribution in [3.63, 3.8) is 0 Å². The fourth-order valence-electron chi connectivity index (χ4n) is 2.35. The maximum Gasteiger partial charge on any atom is 0.287 e. The summed E-state index contributed by atoms with van der Waals surface area (Å²) in [5.41, 5.74) is 0.814. The molecule has 25 heavy (non-hydrogen) atoms. The first kappa shape index (κ1) is 16.8. The molecule has 4 nitrogen and oxygen atoms in total. The molecular formula is C20H18FNO3. The van der Waals surface area contributed by atoms with E-state index in [9.17, 15) is 9.18 Å². The minimum Gasteiger partial charge on any atom is -0.486 e. The van der Waals surface area contributed by atoms with Gasteiger partial charge < -0.3 is 14.5 Å². The first-order chi connectivity index (χ1) is 12.1. The van der Waals surface area contributed by atoms with Crippen LogP contribution in [0.25, 0.3) is 0 Å². The van der Waals surface area contributed by atoms with Crippen LogP contribution in [-0.2, 0) is 6.61 Å². The highest BCUT2D eigenvalue weighted by Gasteiger charge is 2.15. The molecule has 1 amide bonds. The van der Waals surface area contributed by atoms with Crippen molar-refractivity contribution in [2.24, 2.45) is 0 Å². The van der Waals surface area contributed by atoms with Gasteiger partial charge in [-0.2, -0.15) is 0 Å². The zero-order valence-electron chi connectivity index (χ0n) is 13.7. The lowest BCUT2D eigenvalue weighted by Gasteiger charge is -2.13. The van der Waals surface area contributed by atoms with Gasteiger partial charge in [0.2, 0.25) is 0 Å². The van der Waals surface area contributed by atoms with Crippen LogP contribution < -0.4 is 10.1 Å². The summed E-state index contributed by atoms with van der Waals surface area (Å²) in [6.07, 6.45) is 0. The number of carbonyl (C=O) groups excluding carboxylic acids is 1. The fourth-order valence-corrected chi connectivity index (χ4v) is 2.35. The van der Waals surface area contributed by atoms with Gasteiger partial charge in [0.1, 0.15) is 23.9 Å². The number of furan rings is 1. The molecule has 0 fully saturated rings. The normalized spacial score (nSPS) is 11.8. The van der Waals surface area contributed by atoms with Crippen molar-refractivity contribution >= 4 is 5.91 Å². The van der Waals surface area contributed by atoms with E-state index in [1.54, 1.807) is 24.3 Å². The van der Waals surface area contributed by atoms with Crippen molar-refractivity contribution in [1.29, 1.82) is 0 Å². The molecule has 0 aliphatic rings. The minimum absolute atomic E-state index is 0.209. The van der Waals surface area contributed by atoms with Gasteiger partial charge in [-0.05, 0) is 48.9 Å². The van der Waals surface area contributed by atoms with E-state index in [0.717, 1.165) is 11.3 Å². The summed E-state index contributed by atoms with van der Waals surface area (Å²) in [5, 5.41) is 2.82. The van der Waals surface area contributed by atoms with Crippen molar-refractivity contribution in [3.8, 4) is 5.75 Å². The van der Waals surface area contributed by atoms with Crippen LogP contribution in [0.15, 0.2) is 71.1 Å². The van der Waals surface area contributed by atoms with Gasteiger partial charge in [-0.15, -0.1) is 0 Å². The lowest BCUT2D eigenvalue weighted by atomic mass is 10.1. The van der Waals surface area contributed by atoms with Crippen LogP contribution in [0, 0.1) is 5.82 Å². The van der Waals surface area contributed by atoms with Gasteiger partial charge in [0.05, 0.1) is 6.04 Å². The van der Waals surface area contributed by atoms with Crippen LogP contribution in [0.1, 0.15) is 34.8 Å². The first-order valence-electron chi connectivity index (χ1n) is 7.95. The molecule has 1 N–H and O–H groups in total. The summed E-state index contributed by atoms with van der Waals surface area (Å²) >= 11 is 0. The van der Waals surface area contributed by atoms with E-state index in [-0.39, 0.29) is 30.1 Å². The van der Waals surface area contributed by atoms with E-state index in [2.05, 4.69) is 5.32 Å². The lowest BCUT2D eigenvalue weighted by molar-refractivity contribution is 0.0907. The zero-order chi connectivity index (χ0) is 17.6. The number of amides is 1. The Hall–Kier alpha value is -3.08. The average molecular weight is 339 g/mol. The standard InChI is InChI=1S/C20H18FNO3/c1-14(15-7-9-16(21)10-8-15)22-20(23)19-12-11-18(25-19)13-24-17-5-3-2-4-6-17/h2-12,14H,13H2,1H3,(H,22,23). The zero-order valence-corrected chi connectivity index (χ0v) is 13.7. The number of nitrogens with one attached hydrogen (secondary N) is 1. The Bertz CT molecular complexity index is 828. The second-order valence-electron chi connectivity index (χ2n) is 5.61. The molecule has 1 heterocycles. The summed E-state index contributed by atoms with van der Waals surface area (Å²) in [7, 11) is 0. The minimum atomic E-state index is -0.331. The van der Waals surface area contributed by atoms with Crippen LogP contribution in [0.5, 0.6) is 5.75 Å². The number of rotatable bonds is 6. The molecule has 0 spiro atoms. The molecule has 0 aliphatic heterocycles. The Kier molecular flexibility index (Phi) is 5.14. The molecular weight excluding hydrogens is 321 g/mol. The van der Waals surface area contributed by atoms with Crippen molar-refractivity contribution in [2.75, 3.05) is 0 Å². The maximum atomic E-state index is 13.0. The summed E-state index contributed by atoms with van der Waals surface area (Å²) in [4.78, 5) is 12.3. The Balaban J connectivity index is 1.57. The van der Waals surface area contributed by atoms with Crippen LogP contribution in [0.4, 0.5) is 4.39 Å². The van der Waals surface area contributed by atoms with Gasteiger partial charge in [0, 0.05) is 0 Å². The Morgan fingerprint density at radius 3 is 2.52 bits per heavy atom. The third-order valence-electron chi connectivity index (χ3n) is 3.73. The van der Waals surface area contributed by atoms with Crippen molar-refractivity contribution < 1.29 is 18.3 Å². The molecule has 1 unspecified atom stereocenters. The second-order valence-corrected chi connectivity index (χ2v) is 5.61. The van der Waals surface area contributed by atoms with Crippen molar-refractivity contribution in [1.82, 2.24) is 5.32 Å². The molecule has 1 atom stereocenters. The molecule has 5 heteroatoms. The summed E-state index contributed by atoms with van der Waals surface area (Å²) in [6.45, 7) is 2.07. The predicted molar refractivity (Wildman–Crippen MR) is 91.8 cm³/mol. The SMILES string of the molecule is CC(NC(=O)c1ccc(COc2ccccc2)o1)c1ccc(F)cc1. The van der Waals surface area contributed by atoms with Crippen LogP contribution in [0.2, 0.25) is 0 Å². The van der Waals surface area contributed by atoms with Gasteiger partial charge in [-0.3, -0.25) is 4.79 Å². The van der Waals surface area contributed by atoms with E-state index in [0.29, 0.717) is 5.76 Å². The van der Waals surface area contributed by atoms with E-state index in [1.807, 2.05) is 37.3 Å². The van der Waals surface area contributed by atoms with E-state index < -0.39 is 0 Å². The van der Waals surface area contributed by atoms with Crippen LogP contribution in [0.3, 0.4) is 0 Å². The third-order valence-corrected chi connectivity index (χ3v) is 3.73. The molecule has 0 aliphatic carbocycles. The molecule has 0 radical (unpaired) electrons. The number of ether oxygens (including phenoxy) is 1. The van der Waals surface area contributed by atoms with Gasteiger partial charge in [-0.25, -0.2) is 4.39 Å². The number of hydrogen-bond acceptors (Lipinski definition) is 3. The first-order valence-corrected chi connectivity index (χ1v) is 7.95. The number of benzene rings is 2. The highest BCUT2D eigenvalue weighted by Crippen LogP contribution is 2.16. The van der Waals surface area contributed by atoms with Crippen molar-refractivity contribution in [3.05, 3.63) is 89.6 Å². The lowest BCUT2D eigenvalue weighted by Crippen LogP contribution is -2.26. The molecule has 1 aromatic heterocycles. The third kappa shape index (κ3) is 4.47. The Morgan fingerprint density at radius 1 is 1.08 bits per heavy atom. The molecule has 128 valence electrons.